The molecule has 1 aromatic rings. The number of nitrogens with two attached hydrogens (primary N) is 1. The first kappa shape index (κ1) is 12.1. The first-order valence-corrected chi connectivity index (χ1v) is 4.79. The highest BCUT2D eigenvalue weighted by Crippen LogP contribution is 2.18. The molecule has 0 heterocycles. The van der Waals surface area contributed by atoms with Crippen molar-refractivity contribution in [3.8, 4) is 17.6 Å². The number of hydrogen-bond donors (Lipinski definition) is 2. The van der Waals surface area contributed by atoms with Crippen LogP contribution in [0.2, 0.25) is 0 Å². The summed E-state index contributed by atoms with van der Waals surface area (Å²) in [6.45, 7) is 0.480. The molecule has 0 aliphatic carbocycles. The number of benzene rings is 1. The molecule has 0 bridgehead atoms. The first-order chi connectivity index (χ1) is 7.69. The highest BCUT2D eigenvalue weighted by Gasteiger charge is 2.07. The maximum Gasteiger partial charge on any atom is 0.337 e. The largest absolute Gasteiger partial charge is 0.507 e. The minimum absolute atomic E-state index is 0.0348. The summed E-state index contributed by atoms with van der Waals surface area (Å²) in [5, 5.41) is 9.59. The van der Waals surface area contributed by atoms with E-state index in [0.29, 0.717) is 24.1 Å². The SMILES string of the molecule is COC(=O)c1ccc(C#CCCN)c(O)c1. The number of methoxy groups -OCH3 is 1. The van der Waals surface area contributed by atoms with Crippen molar-refractivity contribution in [2.75, 3.05) is 13.7 Å². The summed E-state index contributed by atoms with van der Waals surface area (Å²) in [6, 6.07) is 4.46. The van der Waals surface area contributed by atoms with Gasteiger partial charge in [-0.15, -0.1) is 0 Å². The summed E-state index contributed by atoms with van der Waals surface area (Å²) in [7, 11) is 1.29. The van der Waals surface area contributed by atoms with E-state index in [0.717, 1.165) is 0 Å². The average molecular weight is 219 g/mol. The van der Waals surface area contributed by atoms with E-state index < -0.39 is 5.97 Å². The molecule has 0 aliphatic rings. The Kier molecular flexibility index (Phi) is 4.37. The molecule has 4 nitrogen and oxygen atoms in total. The summed E-state index contributed by atoms with van der Waals surface area (Å²) in [4.78, 5) is 11.2. The second-order valence-electron chi connectivity index (χ2n) is 3.06. The van der Waals surface area contributed by atoms with Crippen LogP contribution in [0.3, 0.4) is 0 Å². The number of ether oxygens (including phenoxy) is 1. The van der Waals surface area contributed by atoms with Crippen LogP contribution in [-0.2, 0) is 4.74 Å². The second kappa shape index (κ2) is 5.79. The number of rotatable bonds is 2. The van der Waals surface area contributed by atoms with Crippen LogP contribution in [0, 0.1) is 11.8 Å². The highest BCUT2D eigenvalue weighted by atomic mass is 16.5. The molecule has 0 aliphatic heterocycles. The van der Waals surface area contributed by atoms with E-state index in [1.807, 2.05) is 0 Å². The van der Waals surface area contributed by atoms with Gasteiger partial charge in [0.2, 0.25) is 0 Å². The smallest absolute Gasteiger partial charge is 0.337 e. The number of phenolic OH excluding ortho intramolecular Hbond substituents is 1. The van der Waals surface area contributed by atoms with Crippen LogP contribution in [0.1, 0.15) is 22.3 Å². The fraction of sp³-hybridized carbons (Fsp3) is 0.250. The zero-order chi connectivity index (χ0) is 12.0. The number of carbonyl (C=O) groups excluding carboxylic acids is 1. The van der Waals surface area contributed by atoms with Crippen LogP contribution in [0.15, 0.2) is 18.2 Å². The predicted molar refractivity (Wildman–Crippen MR) is 60.0 cm³/mol. The molecule has 0 unspecified atom stereocenters. The Bertz CT molecular complexity index is 443. The zero-order valence-electron chi connectivity index (χ0n) is 8.99. The summed E-state index contributed by atoms with van der Waals surface area (Å²) < 4.78 is 4.53. The van der Waals surface area contributed by atoms with E-state index in [2.05, 4.69) is 16.6 Å². The van der Waals surface area contributed by atoms with E-state index in [9.17, 15) is 9.90 Å². The summed E-state index contributed by atoms with van der Waals surface area (Å²) in [5.74, 6) is 5.05. The lowest BCUT2D eigenvalue weighted by Gasteiger charge is -2.01. The zero-order valence-corrected chi connectivity index (χ0v) is 8.99. The molecule has 0 amide bonds. The molecule has 0 atom stereocenters. The molecule has 0 fully saturated rings. The third-order valence-electron chi connectivity index (χ3n) is 1.91. The molecule has 0 saturated carbocycles. The van der Waals surface area contributed by atoms with Gasteiger partial charge in [-0.1, -0.05) is 11.8 Å². The lowest BCUT2D eigenvalue weighted by molar-refractivity contribution is 0.0600. The van der Waals surface area contributed by atoms with Crippen molar-refractivity contribution in [3.05, 3.63) is 29.3 Å². The monoisotopic (exact) mass is 219 g/mol. The lowest BCUT2D eigenvalue weighted by Crippen LogP contribution is -2.00. The van der Waals surface area contributed by atoms with E-state index in [1.54, 1.807) is 12.1 Å². The Labute approximate surface area is 94.0 Å². The average Bonchev–Trinajstić information content (AvgIpc) is 2.30. The standard InChI is InChI=1S/C12H13NO3/c1-16-12(15)10-6-5-9(11(14)8-10)4-2-3-7-13/h5-6,8,14H,3,7,13H2,1H3. The maximum atomic E-state index is 11.2. The third-order valence-corrected chi connectivity index (χ3v) is 1.91. The minimum Gasteiger partial charge on any atom is -0.507 e. The quantitative estimate of drug-likeness (QED) is 0.572. The van der Waals surface area contributed by atoms with Crippen molar-refractivity contribution in [1.29, 1.82) is 0 Å². The number of aromatic hydroxyl groups is 1. The number of esters is 1. The van der Waals surface area contributed by atoms with Crippen LogP contribution < -0.4 is 5.73 Å². The first-order valence-electron chi connectivity index (χ1n) is 4.79. The fourth-order valence-electron chi connectivity index (χ4n) is 1.11. The van der Waals surface area contributed by atoms with E-state index in [4.69, 9.17) is 5.73 Å². The summed E-state index contributed by atoms with van der Waals surface area (Å²) in [6.07, 6.45) is 0.568. The van der Waals surface area contributed by atoms with Crippen molar-refractivity contribution in [3.63, 3.8) is 0 Å². The molecule has 16 heavy (non-hydrogen) atoms. The Morgan fingerprint density at radius 3 is 2.88 bits per heavy atom. The molecular formula is C12H13NO3. The third kappa shape index (κ3) is 3.01. The maximum absolute atomic E-state index is 11.2. The number of carbonyl (C=O) groups is 1. The summed E-state index contributed by atoms with van der Waals surface area (Å²) >= 11 is 0. The molecule has 4 heteroatoms. The Morgan fingerprint density at radius 2 is 2.31 bits per heavy atom. The van der Waals surface area contributed by atoms with Crippen molar-refractivity contribution in [2.45, 2.75) is 6.42 Å². The van der Waals surface area contributed by atoms with E-state index >= 15 is 0 Å². The highest BCUT2D eigenvalue weighted by molar-refractivity contribution is 5.90. The van der Waals surface area contributed by atoms with Crippen LogP contribution in [0.4, 0.5) is 0 Å². The van der Waals surface area contributed by atoms with E-state index in [-0.39, 0.29) is 5.75 Å². The van der Waals surface area contributed by atoms with Gasteiger partial charge in [0.15, 0.2) is 0 Å². The van der Waals surface area contributed by atoms with Crippen molar-refractivity contribution in [2.24, 2.45) is 5.73 Å². The van der Waals surface area contributed by atoms with Gasteiger partial charge in [0.1, 0.15) is 5.75 Å². The molecule has 1 aromatic carbocycles. The van der Waals surface area contributed by atoms with Crippen molar-refractivity contribution in [1.82, 2.24) is 0 Å². The molecule has 0 radical (unpaired) electrons. The molecule has 84 valence electrons. The fourth-order valence-corrected chi connectivity index (χ4v) is 1.11. The predicted octanol–water partition coefficient (Wildman–Crippen LogP) is 0.879. The Hall–Kier alpha value is -1.99. The Morgan fingerprint density at radius 1 is 1.56 bits per heavy atom. The summed E-state index contributed by atoms with van der Waals surface area (Å²) in [5.41, 5.74) is 6.06. The van der Waals surface area contributed by atoms with Crippen LogP contribution in [-0.4, -0.2) is 24.7 Å². The second-order valence-corrected chi connectivity index (χ2v) is 3.06. The molecule has 0 aromatic heterocycles. The van der Waals surface area contributed by atoms with Gasteiger partial charge in [0.05, 0.1) is 18.2 Å². The van der Waals surface area contributed by atoms with Crippen LogP contribution in [0.5, 0.6) is 5.75 Å². The molecule has 1 rings (SSSR count). The number of hydrogen-bond acceptors (Lipinski definition) is 4. The van der Waals surface area contributed by atoms with E-state index in [1.165, 1.54) is 13.2 Å². The molecular weight excluding hydrogens is 206 g/mol. The van der Waals surface area contributed by atoms with Crippen molar-refractivity contribution < 1.29 is 14.6 Å². The lowest BCUT2D eigenvalue weighted by atomic mass is 10.1. The van der Waals surface area contributed by atoms with Crippen LogP contribution >= 0.6 is 0 Å². The molecule has 0 saturated heterocycles. The van der Waals surface area contributed by atoms with Gasteiger partial charge in [-0.2, -0.15) is 0 Å². The van der Waals surface area contributed by atoms with Gasteiger partial charge >= 0.3 is 5.97 Å². The normalized spacial score (nSPS) is 9.12. The minimum atomic E-state index is -0.489. The molecule has 3 N–H and O–H groups in total. The van der Waals surface area contributed by atoms with Crippen LogP contribution in [0.25, 0.3) is 0 Å². The number of phenols is 1. The van der Waals surface area contributed by atoms with Gasteiger partial charge in [0.25, 0.3) is 0 Å². The van der Waals surface area contributed by atoms with Gasteiger partial charge in [0, 0.05) is 13.0 Å². The van der Waals surface area contributed by atoms with Crippen molar-refractivity contribution >= 4 is 5.97 Å². The van der Waals surface area contributed by atoms with Gasteiger partial charge < -0.3 is 15.6 Å². The topological polar surface area (TPSA) is 72.5 Å². The van der Waals surface area contributed by atoms with Gasteiger partial charge in [-0.3, -0.25) is 0 Å². The Balaban J connectivity index is 2.93. The van der Waals surface area contributed by atoms with Gasteiger partial charge in [-0.05, 0) is 18.2 Å². The van der Waals surface area contributed by atoms with Gasteiger partial charge in [-0.25, -0.2) is 4.79 Å². The molecule has 0 spiro atoms.